The molecule has 0 amide bonds. The molecule has 0 heterocycles. The van der Waals surface area contributed by atoms with Gasteiger partial charge < -0.3 is 0 Å². The Kier molecular flexibility index (Phi) is 3.52. The van der Waals surface area contributed by atoms with Crippen molar-refractivity contribution >= 4 is 0 Å². The first-order chi connectivity index (χ1) is 12.4. The van der Waals surface area contributed by atoms with E-state index in [4.69, 9.17) is 0 Å². The fourth-order valence-corrected chi connectivity index (χ4v) is 4.81. The zero-order chi connectivity index (χ0) is 16.7. The van der Waals surface area contributed by atoms with Crippen LogP contribution in [0.2, 0.25) is 0 Å². The van der Waals surface area contributed by atoms with Crippen molar-refractivity contribution in [2.45, 2.75) is 18.3 Å². The summed E-state index contributed by atoms with van der Waals surface area (Å²) in [5.74, 6) is 2.37. The van der Waals surface area contributed by atoms with Gasteiger partial charge >= 0.3 is 0 Å². The fraction of sp³-hybridized carbons (Fsp3) is 0.240. The Morgan fingerprint density at radius 1 is 0.680 bits per heavy atom. The number of rotatable bonds is 5. The van der Waals surface area contributed by atoms with Crippen LogP contribution < -0.4 is 0 Å². The summed E-state index contributed by atoms with van der Waals surface area (Å²) in [7, 11) is 0. The maximum atomic E-state index is 2.49. The van der Waals surface area contributed by atoms with E-state index in [9.17, 15) is 0 Å². The summed E-state index contributed by atoms with van der Waals surface area (Å²) >= 11 is 0. The van der Waals surface area contributed by atoms with Crippen molar-refractivity contribution in [3.05, 3.63) is 114 Å². The highest BCUT2D eigenvalue weighted by Crippen LogP contribution is 2.69. The Hall–Kier alpha value is -2.34. The summed E-state index contributed by atoms with van der Waals surface area (Å²) in [6.45, 7) is 0. The van der Waals surface area contributed by atoms with E-state index < -0.39 is 0 Å². The van der Waals surface area contributed by atoms with E-state index >= 15 is 0 Å². The second kappa shape index (κ2) is 5.88. The quantitative estimate of drug-likeness (QED) is 0.550. The number of hydrogen-bond donors (Lipinski definition) is 0. The normalized spacial score (nSPS) is 26.2. The van der Waals surface area contributed by atoms with Gasteiger partial charge in [-0.25, -0.2) is 0 Å². The maximum Gasteiger partial charge on any atom is 0.0237 e. The highest BCUT2D eigenvalue weighted by atomic mass is 14.7. The molecule has 3 aromatic rings. The van der Waals surface area contributed by atoms with Gasteiger partial charge in [0.05, 0.1) is 0 Å². The fourth-order valence-electron chi connectivity index (χ4n) is 4.81. The van der Waals surface area contributed by atoms with Crippen LogP contribution in [0.5, 0.6) is 0 Å². The third kappa shape index (κ3) is 2.61. The molecule has 2 aliphatic rings. The maximum absolute atomic E-state index is 2.49. The minimum absolute atomic E-state index is 0.243. The van der Waals surface area contributed by atoms with Gasteiger partial charge in [0.25, 0.3) is 0 Å². The molecule has 2 aliphatic carbocycles. The summed E-state index contributed by atoms with van der Waals surface area (Å²) in [5, 5.41) is 0. The van der Waals surface area contributed by atoms with Gasteiger partial charge in [0.15, 0.2) is 0 Å². The van der Waals surface area contributed by atoms with Crippen LogP contribution >= 0.6 is 0 Å². The van der Waals surface area contributed by atoms with Crippen molar-refractivity contribution in [3.8, 4) is 0 Å². The molecule has 0 aromatic heterocycles. The molecule has 0 aliphatic heterocycles. The molecule has 1 radical (unpaired) electrons. The summed E-state index contributed by atoms with van der Waals surface area (Å²) < 4.78 is 0. The first-order valence-electron chi connectivity index (χ1n) is 9.39. The average Bonchev–Trinajstić information content (AvgIpc) is 3.59. The highest BCUT2D eigenvalue weighted by molar-refractivity contribution is 5.48. The third-order valence-corrected chi connectivity index (χ3v) is 6.21. The van der Waals surface area contributed by atoms with Crippen LogP contribution in [0, 0.1) is 24.2 Å². The van der Waals surface area contributed by atoms with Crippen LogP contribution in [-0.2, 0) is 5.41 Å². The molecule has 0 bridgehead atoms. The molecule has 0 N–H and O–H groups in total. The first kappa shape index (κ1) is 15.0. The van der Waals surface area contributed by atoms with E-state index in [0.29, 0.717) is 0 Å². The Bertz CT molecular complexity index is 795. The molecule has 0 saturated heterocycles. The highest BCUT2D eigenvalue weighted by Gasteiger charge is 2.64. The van der Waals surface area contributed by atoms with E-state index in [0.717, 1.165) is 17.8 Å². The summed E-state index contributed by atoms with van der Waals surface area (Å²) in [4.78, 5) is 0. The SMILES string of the molecule is [CH](c1ccccc1)[C@H]1C[C@@H]1[C@H]1CC1(c1ccccc1)c1ccccc1. The second-order valence-electron chi connectivity index (χ2n) is 7.65. The lowest BCUT2D eigenvalue weighted by atomic mass is 9.84. The zero-order valence-electron chi connectivity index (χ0n) is 14.4. The Morgan fingerprint density at radius 2 is 1.20 bits per heavy atom. The number of benzene rings is 3. The number of hydrogen-bond acceptors (Lipinski definition) is 0. The monoisotopic (exact) mass is 323 g/mol. The smallest absolute Gasteiger partial charge is 0.0237 e. The molecule has 2 saturated carbocycles. The first-order valence-corrected chi connectivity index (χ1v) is 9.39. The average molecular weight is 323 g/mol. The largest absolute Gasteiger partial charge is 0.0622 e. The van der Waals surface area contributed by atoms with Gasteiger partial charge in [-0.2, -0.15) is 0 Å². The van der Waals surface area contributed by atoms with Crippen LogP contribution in [0.1, 0.15) is 29.5 Å². The van der Waals surface area contributed by atoms with Gasteiger partial charge in [-0.1, -0.05) is 91.0 Å². The minimum atomic E-state index is 0.243. The van der Waals surface area contributed by atoms with Gasteiger partial charge in [-0.05, 0) is 53.7 Å². The summed E-state index contributed by atoms with van der Waals surface area (Å²) in [6, 6.07) is 33.1. The topological polar surface area (TPSA) is 0 Å². The van der Waals surface area contributed by atoms with Gasteiger partial charge in [0.1, 0.15) is 0 Å². The van der Waals surface area contributed by atoms with Gasteiger partial charge in [0, 0.05) is 5.41 Å². The molecular formula is C25H23. The van der Waals surface area contributed by atoms with Crippen LogP contribution in [0.15, 0.2) is 91.0 Å². The van der Waals surface area contributed by atoms with Crippen molar-refractivity contribution in [1.29, 1.82) is 0 Å². The van der Waals surface area contributed by atoms with Crippen molar-refractivity contribution < 1.29 is 0 Å². The van der Waals surface area contributed by atoms with Gasteiger partial charge in [-0.3, -0.25) is 0 Å². The standard InChI is InChI=1S/C25H23/c1-4-10-19(11-5-1)16-20-17-23(20)24-18-25(24,21-12-6-2-7-13-21)22-14-8-3-9-15-22/h1-16,20,23-24H,17-18H2/t20-,23-,24+/m0/s1. The van der Waals surface area contributed by atoms with Crippen LogP contribution in [-0.4, -0.2) is 0 Å². The van der Waals surface area contributed by atoms with Crippen molar-refractivity contribution in [1.82, 2.24) is 0 Å². The van der Waals surface area contributed by atoms with E-state index in [1.54, 1.807) is 0 Å². The van der Waals surface area contributed by atoms with Crippen LogP contribution in [0.4, 0.5) is 0 Å². The third-order valence-electron chi connectivity index (χ3n) is 6.21. The molecule has 2 fully saturated rings. The van der Waals surface area contributed by atoms with Gasteiger partial charge in [0.2, 0.25) is 0 Å². The zero-order valence-corrected chi connectivity index (χ0v) is 14.4. The molecule has 25 heavy (non-hydrogen) atoms. The predicted molar refractivity (Wildman–Crippen MR) is 103 cm³/mol. The molecule has 5 rings (SSSR count). The molecule has 123 valence electrons. The molecule has 0 spiro atoms. The lowest BCUT2D eigenvalue weighted by Crippen LogP contribution is -2.13. The van der Waals surface area contributed by atoms with Gasteiger partial charge in [-0.15, -0.1) is 0 Å². The molecule has 0 nitrogen and oxygen atoms in total. The Labute approximate surface area is 150 Å². The molecule has 0 unspecified atom stereocenters. The summed E-state index contributed by atoms with van der Waals surface area (Å²) in [5.41, 5.74) is 4.61. The van der Waals surface area contributed by atoms with Crippen molar-refractivity contribution in [3.63, 3.8) is 0 Å². The van der Waals surface area contributed by atoms with E-state index in [-0.39, 0.29) is 5.41 Å². The Balaban J connectivity index is 1.40. The predicted octanol–water partition coefficient (Wildman–Crippen LogP) is 5.88. The van der Waals surface area contributed by atoms with Crippen molar-refractivity contribution in [2.75, 3.05) is 0 Å². The van der Waals surface area contributed by atoms with Crippen LogP contribution in [0.3, 0.4) is 0 Å². The molecule has 3 atom stereocenters. The van der Waals surface area contributed by atoms with E-state index in [2.05, 4.69) is 97.4 Å². The van der Waals surface area contributed by atoms with E-state index in [1.165, 1.54) is 29.5 Å². The lowest BCUT2D eigenvalue weighted by molar-refractivity contribution is 0.594. The van der Waals surface area contributed by atoms with Crippen LogP contribution in [0.25, 0.3) is 0 Å². The molecule has 3 aromatic carbocycles. The van der Waals surface area contributed by atoms with Crippen molar-refractivity contribution in [2.24, 2.45) is 17.8 Å². The van der Waals surface area contributed by atoms with E-state index in [1.807, 2.05) is 0 Å². The second-order valence-corrected chi connectivity index (χ2v) is 7.65. The minimum Gasteiger partial charge on any atom is -0.0622 e. The molecule has 0 heteroatoms. The summed E-state index contributed by atoms with van der Waals surface area (Å²) in [6.07, 6.45) is 5.13. The molecular weight excluding hydrogens is 300 g/mol. The Morgan fingerprint density at radius 3 is 1.76 bits per heavy atom. The lowest BCUT2D eigenvalue weighted by Gasteiger charge is -2.19.